The summed E-state index contributed by atoms with van der Waals surface area (Å²) in [6, 6.07) is 7.12. The van der Waals surface area contributed by atoms with Gasteiger partial charge in [0.25, 0.3) is 0 Å². The van der Waals surface area contributed by atoms with Crippen molar-refractivity contribution in [1.82, 2.24) is 5.32 Å². The molecule has 3 amide bonds. The first-order valence-corrected chi connectivity index (χ1v) is 7.51. The van der Waals surface area contributed by atoms with Gasteiger partial charge in [0, 0.05) is 24.7 Å². The van der Waals surface area contributed by atoms with Crippen LogP contribution in [0.1, 0.15) is 6.42 Å². The summed E-state index contributed by atoms with van der Waals surface area (Å²) >= 11 is 0. The van der Waals surface area contributed by atoms with Gasteiger partial charge in [-0.2, -0.15) is 0 Å². The van der Waals surface area contributed by atoms with Crippen LogP contribution in [0.3, 0.4) is 0 Å². The summed E-state index contributed by atoms with van der Waals surface area (Å²) in [7, 11) is 0. The molecule has 2 N–H and O–H groups in total. The van der Waals surface area contributed by atoms with Crippen molar-refractivity contribution in [3.05, 3.63) is 59.9 Å². The van der Waals surface area contributed by atoms with E-state index in [4.69, 9.17) is 0 Å². The lowest BCUT2D eigenvalue weighted by Crippen LogP contribution is -2.39. The molecule has 0 bridgehead atoms. The number of carbonyl (C=O) groups excluding carboxylic acids is 2. The van der Waals surface area contributed by atoms with Crippen molar-refractivity contribution in [3.63, 3.8) is 0 Å². The van der Waals surface area contributed by atoms with Gasteiger partial charge < -0.3 is 15.5 Å². The molecule has 130 valence electrons. The summed E-state index contributed by atoms with van der Waals surface area (Å²) in [6.45, 7) is 0.168. The van der Waals surface area contributed by atoms with Crippen molar-refractivity contribution in [2.45, 2.75) is 12.5 Å². The second-order valence-corrected chi connectivity index (χ2v) is 5.61. The summed E-state index contributed by atoms with van der Waals surface area (Å²) in [5, 5.41) is 4.81. The number of anilines is 2. The van der Waals surface area contributed by atoms with E-state index in [0.717, 1.165) is 12.1 Å². The lowest BCUT2D eigenvalue weighted by molar-refractivity contribution is -0.117. The summed E-state index contributed by atoms with van der Waals surface area (Å²) in [6.07, 6.45) is 0.0375. The first-order valence-electron chi connectivity index (χ1n) is 7.51. The predicted octanol–water partition coefficient (Wildman–Crippen LogP) is 3.03. The van der Waals surface area contributed by atoms with Gasteiger partial charge in [-0.15, -0.1) is 0 Å². The molecular weight excluding hydrogens is 335 g/mol. The highest BCUT2D eigenvalue weighted by atomic mass is 19.1. The third-order valence-corrected chi connectivity index (χ3v) is 3.76. The molecule has 3 rings (SSSR count). The Morgan fingerprint density at radius 1 is 1.08 bits per heavy atom. The van der Waals surface area contributed by atoms with Crippen LogP contribution in [-0.4, -0.2) is 24.5 Å². The van der Waals surface area contributed by atoms with Crippen molar-refractivity contribution < 1.29 is 22.8 Å². The van der Waals surface area contributed by atoms with Crippen molar-refractivity contribution in [3.8, 4) is 0 Å². The topological polar surface area (TPSA) is 61.4 Å². The van der Waals surface area contributed by atoms with Gasteiger partial charge in [0.05, 0.1) is 11.7 Å². The molecule has 2 aromatic rings. The van der Waals surface area contributed by atoms with E-state index in [9.17, 15) is 22.8 Å². The molecule has 1 saturated heterocycles. The number of amides is 3. The quantitative estimate of drug-likeness (QED) is 0.895. The third-order valence-electron chi connectivity index (χ3n) is 3.76. The van der Waals surface area contributed by atoms with Gasteiger partial charge in [-0.3, -0.25) is 4.79 Å². The summed E-state index contributed by atoms with van der Waals surface area (Å²) in [5.41, 5.74) is 0.226. The molecule has 0 radical (unpaired) electrons. The van der Waals surface area contributed by atoms with E-state index in [1.807, 2.05) is 0 Å². The Kier molecular flexibility index (Phi) is 4.60. The monoisotopic (exact) mass is 349 g/mol. The van der Waals surface area contributed by atoms with Crippen LogP contribution in [0, 0.1) is 17.5 Å². The van der Waals surface area contributed by atoms with Crippen LogP contribution in [0.15, 0.2) is 42.5 Å². The Labute approximate surface area is 141 Å². The minimum atomic E-state index is -0.904. The van der Waals surface area contributed by atoms with Crippen molar-refractivity contribution >= 4 is 23.3 Å². The van der Waals surface area contributed by atoms with Crippen LogP contribution < -0.4 is 15.5 Å². The highest BCUT2D eigenvalue weighted by Gasteiger charge is 2.31. The molecule has 2 aromatic carbocycles. The van der Waals surface area contributed by atoms with E-state index < -0.39 is 29.5 Å². The molecule has 0 aliphatic carbocycles. The number of hydrogen-bond acceptors (Lipinski definition) is 2. The van der Waals surface area contributed by atoms with E-state index in [2.05, 4.69) is 10.6 Å². The Hall–Kier alpha value is -3.03. The number of carbonyl (C=O) groups is 2. The summed E-state index contributed by atoms with van der Waals surface area (Å²) in [5.74, 6) is -2.38. The van der Waals surface area contributed by atoms with Gasteiger partial charge in [0.2, 0.25) is 5.91 Å². The van der Waals surface area contributed by atoms with E-state index in [1.165, 1.54) is 23.1 Å². The predicted molar refractivity (Wildman–Crippen MR) is 85.7 cm³/mol. The first kappa shape index (κ1) is 16.8. The Morgan fingerprint density at radius 3 is 2.56 bits per heavy atom. The average molecular weight is 349 g/mol. The van der Waals surface area contributed by atoms with E-state index >= 15 is 0 Å². The van der Waals surface area contributed by atoms with E-state index in [1.54, 1.807) is 6.07 Å². The molecule has 25 heavy (non-hydrogen) atoms. The van der Waals surface area contributed by atoms with Gasteiger partial charge in [-0.05, 0) is 30.3 Å². The molecule has 1 atom stereocenters. The van der Waals surface area contributed by atoms with Crippen LogP contribution >= 0.6 is 0 Å². The molecule has 1 aliphatic rings. The molecule has 0 aromatic heterocycles. The number of hydrogen-bond donors (Lipinski definition) is 2. The number of benzene rings is 2. The van der Waals surface area contributed by atoms with Crippen molar-refractivity contribution in [1.29, 1.82) is 0 Å². The van der Waals surface area contributed by atoms with Crippen LogP contribution in [0.4, 0.5) is 29.3 Å². The summed E-state index contributed by atoms with van der Waals surface area (Å²) < 4.78 is 39.7. The van der Waals surface area contributed by atoms with Crippen LogP contribution in [-0.2, 0) is 4.79 Å². The summed E-state index contributed by atoms with van der Waals surface area (Å²) in [4.78, 5) is 25.4. The molecule has 8 heteroatoms. The second-order valence-electron chi connectivity index (χ2n) is 5.61. The molecule has 5 nitrogen and oxygen atoms in total. The smallest absolute Gasteiger partial charge is 0.319 e. The Balaban J connectivity index is 1.62. The lowest BCUT2D eigenvalue weighted by Gasteiger charge is -2.17. The minimum absolute atomic E-state index is 0.0375. The van der Waals surface area contributed by atoms with Crippen LogP contribution in [0.5, 0.6) is 0 Å². The van der Waals surface area contributed by atoms with E-state index in [0.29, 0.717) is 11.8 Å². The Morgan fingerprint density at radius 2 is 1.84 bits per heavy atom. The average Bonchev–Trinajstić information content (AvgIpc) is 2.90. The van der Waals surface area contributed by atoms with E-state index in [-0.39, 0.29) is 24.6 Å². The van der Waals surface area contributed by atoms with Crippen LogP contribution in [0.25, 0.3) is 0 Å². The number of urea groups is 1. The highest BCUT2D eigenvalue weighted by molar-refractivity contribution is 5.97. The molecule has 1 aliphatic heterocycles. The maximum Gasteiger partial charge on any atom is 0.319 e. The highest BCUT2D eigenvalue weighted by Crippen LogP contribution is 2.22. The van der Waals surface area contributed by atoms with Crippen LogP contribution in [0.2, 0.25) is 0 Å². The zero-order valence-electron chi connectivity index (χ0n) is 12.9. The lowest BCUT2D eigenvalue weighted by atomic mass is 10.2. The fourth-order valence-corrected chi connectivity index (χ4v) is 2.63. The minimum Gasteiger partial charge on any atom is -0.333 e. The molecule has 1 unspecified atom stereocenters. The molecule has 1 fully saturated rings. The molecule has 1 heterocycles. The number of rotatable bonds is 3. The maximum absolute atomic E-state index is 13.5. The molecular formula is C17H14F3N3O2. The first-order chi connectivity index (χ1) is 11.9. The zero-order chi connectivity index (χ0) is 18.0. The number of halogens is 3. The van der Waals surface area contributed by atoms with Gasteiger partial charge >= 0.3 is 6.03 Å². The van der Waals surface area contributed by atoms with Gasteiger partial charge in [0.1, 0.15) is 17.5 Å². The fraction of sp³-hybridized carbons (Fsp3) is 0.176. The normalized spacial score (nSPS) is 16.8. The number of nitrogens with one attached hydrogen (secondary N) is 2. The van der Waals surface area contributed by atoms with Crippen molar-refractivity contribution in [2.24, 2.45) is 0 Å². The zero-order valence-corrected chi connectivity index (χ0v) is 12.9. The van der Waals surface area contributed by atoms with Gasteiger partial charge in [-0.1, -0.05) is 6.07 Å². The third kappa shape index (κ3) is 3.90. The maximum atomic E-state index is 13.5. The SMILES string of the molecule is O=C(Nc1ccc(F)cc1F)NC1CC(=O)N(c2cccc(F)c2)C1. The standard InChI is InChI=1S/C17H14F3N3O2/c18-10-2-1-3-13(6-10)23-9-12(8-16(23)24)21-17(25)22-15-5-4-11(19)7-14(15)20/h1-7,12H,8-9H2,(H2,21,22,25). The number of nitrogens with zero attached hydrogens (tertiary/aromatic N) is 1. The van der Waals surface area contributed by atoms with Gasteiger partial charge in [0.15, 0.2) is 0 Å². The second kappa shape index (κ2) is 6.84. The largest absolute Gasteiger partial charge is 0.333 e. The molecule has 0 spiro atoms. The Bertz CT molecular complexity index is 829. The van der Waals surface area contributed by atoms with Gasteiger partial charge in [-0.25, -0.2) is 18.0 Å². The van der Waals surface area contributed by atoms with Crippen molar-refractivity contribution in [2.75, 3.05) is 16.8 Å². The molecule has 0 saturated carbocycles. The fourth-order valence-electron chi connectivity index (χ4n) is 2.63.